The molecule has 0 aromatic heterocycles. The Hall–Kier alpha value is -2.36. The number of carboxylic acids is 1. The molecule has 0 aliphatic heterocycles. The molecule has 3 N–H and O–H groups in total. The van der Waals surface area contributed by atoms with Crippen LogP contribution in [-0.2, 0) is 14.3 Å². The molecule has 0 heterocycles. The van der Waals surface area contributed by atoms with Gasteiger partial charge in [-0.2, -0.15) is 12.6 Å². The highest BCUT2D eigenvalue weighted by atomic mass is 32.1. The number of thiol groups is 1. The summed E-state index contributed by atoms with van der Waals surface area (Å²) in [6.07, 6.45) is -1.02. The summed E-state index contributed by atoms with van der Waals surface area (Å²) in [5.41, 5.74) is -1.15. The Bertz CT molecular complexity index is 721. The Kier molecular flexibility index (Phi) is 6.96. The minimum Gasteiger partial charge on any atom is -0.480 e. The number of rotatable bonds is 5. The molecule has 0 fully saturated rings. The fourth-order valence-electron chi connectivity index (χ4n) is 1.99. The molecule has 1 aromatic rings. The van der Waals surface area contributed by atoms with Crippen LogP contribution in [0.5, 0.6) is 0 Å². The summed E-state index contributed by atoms with van der Waals surface area (Å²) in [4.78, 5) is 34.6. The third-order valence-electron chi connectivity index (χ3n) is 2.98. The lowest BCUT2D eigenvalue weighted by Crippen LogP contribution is -2.45. The number of carbonyl (C=O) groups excluding carboxylic acids is 2. The summed E-state index contributed by atoms with van der Waals surface area (Å²) in [5.74, 6) is -4.54. The maximum Gasteiger partial charge on any atom is 0.408 e. The van der Waals surface area contributed by atoms with Gasteiger partial charge in [0.2, 0.25) is 5.91 Å². The molecular formula is C16H20F2N2O5S. The van der Waals surface area contributed by atoms with E-state index in [2.05, 4.69) is 23.3 Å². The van der Waals surface area contributed by atoms with Gasteiger partial charge in [0.05, 0.1) is 5.25 Å². The molecule has 2 amide bonds. The highest BCUT2D eigenvalue weighted by Crippen LogP contribution is 2.32. The number of halogens is 2. The van der Waals surface area contributed by atoms with Crippen LogP contribution in [0.1, 0.15) is 38.5 Å². The molecule has 144 valence electrons. The maximum atomic E-state index is 13.6. The standard InChI is InChI=1S/C16H20F2N2O5S/c1-7(21)19-11-6-10(18)9(17)5-8(11)13(26)12(14(22)23)20-15(24)25-16(2,3)4/h5-6,12-13,26H,1-4H3,(H,19,21)(H,20,24)(H,22,23)/t12-,13?/m1/s1. The zero-order valence-corrected chi connectivity index (χ0v) is 15.5. The summed E-state index contributed by atoms with van der Waals surface area (Å²) < 4.78 is 32.1. The van der Waals surface area contributed by atoms with Crippen molar-refractivity contribution in [2.75, 3.05) is 5.32 Å². The summed E-state index contributed by atoms with van der Waals surface area (Å²) in [5, 5.41) is 12.5. The molecule has 0 bridgehead atoms. The fourth-order valence-corrected chi connectivity index (χ4v) is 2.41. The van der Waals surface area contributed by atoms with Crippen LogP contribution in [0.25, 0.3) is 0 Å². The van der Waals surface area contributed by atoms with Gasteiger partial charge in [-0.1, -0.05) is 0 Å². The first-order valence-electron chi connectivity index (χ1n) is 7.48. The van der Waals surface area contributed by atoms with E-state index in [-0.39, 0.29) is 11.3 Å². The van der Waals surface area contributed by atoms with Gasteiger partial charge in [-0.15, -0.1) is 0 Å². The number of ether oxygens (including phenoxy) is 1. The maximum absolute atomic E-state index is 13.6. The number of carboxylic acid groups (broad SMARTS) is 1. The number of nitrogens with one attached hydrogen (secondary N) is 2. The van der Waals surface area contributed by atoms with Gasteiger partial charge in [0.25, 0.3) is 0 Å². The monoisotopic (exact) mass is 390 g/mol. The van der Waals surface area contributed by atoms with E-state index in [1.807, 2.05) is 0 Å². The smallest absolute Gasteiger partial charge is 0.408 e. The molecule has 1 rings (SSSR count). The van der Waals surface area contributed by atoms with Crippen molar-refractivity contribution in [2.24, 2.45) is 0 Å². The largest absolute Gasteiger partial charge is 0.480 e. The number of hydrogen-bond acceptors (Lipinski definition) is 5. The molecule has 1 aromatic carbocycles. The normalized spacial score (nSPS) is 13.5. The van der Waals surface area contributed by atoms with Crippen molar-refractivity contribution in [3.8, 4) is 0 Å². The Labute approximate surface area is 154 Å². The van der Waals surface area contributed by atoms with E-state index in [1.165, 1.54) is 0 Å². The van der Waals surface area contributed by atoms with Gasteiger partial charge in [-0.3, -0.25) is 4.79 Å². The minimum atomic E-state index is -1.63. The van der Waals surface area contributed by atoms with Crippen LogP contribution < -0.4 is 10.6 Å². The van der Waals surface area contributed by atoms with Gasteiger partial charge in [-0.05, 0) is 32.4 Å². The Morgan fingerprint density at radius 1 is 1.19 bits per heavy atom. The molecule has 0 saturated heterocycles. The first kappa shape index (κ1) is 21.7. The average molecular weight is 390 g/mol. The summed E-state index contributed by atoms with van der Waals surface area (Å²) in [6.45, 7) is 5.91. The lowest BCUT2D eigenvalue weighted by Gasteiger charge is -2.25. The average Bonchev–Trinajstić information content (AvgIpc) is 2.45. The van der Waals surface area contributed by atoms with E-state index in [0.717, 1.165) is 6.92 Å². The van der Waals surface area contributed by atoms with Gasteiger partial charge >= 0.3 is 12.1 Å². The van der Waals surface area contributed by atoms with E-state index in [4.69, 9.17) is 4.74 Å². The van der Waals surface area contributed by atoms with Crippen molar-refractivity contribution < 1.29 is 33.0 Å². The number of aliphatic carboxylic acids is 1. The zero-order chi connectivity index (χ0) is 20.2. The van der Waals surface area contributed by atoms with Crippen molar-refractivity contribution in [3.63, 3.8) is 0 Å². The second-order valence-corrected chi connectivity index (χ2v) is 7.00. The third-order valence-corrected chi connectivity index (χ3v) is 3.55. The summed E-state index contributed by atoms with van der Waals surface area (Å²) in [6, 6.07) is -0.210. The SMILES string of the molecule is CC(=O)Nc1cc(F)c(F)cc1C(S)[C@@H](NC(=O)OC(C)(C)C)C(=O)O. The molecule has 1 unspecified atom stereocenters. The zero-order valence-electron chi connectivity index (χ0n) is 14.6. The molecule has 0 aliphatic rings. The van der Waals surface area contributed by atoms with Gasteiger partial charge in [0, 0.05) is 18.7 Å². The van der Waals surface area contributed by atoms with Gasteiger partial charge in [-0.25, -0.2) is 18.4 Å². The first-order valence-corrected chi connectivity index (χ1v) is 8.00. The molecule has 7 nitrogen and oxygen atoms in total. The van der Waals surface area contributed by atoms with E-state index in [1.54, 1.807) is 20.8 Å². The number of anilines is 1. The van der Waals surface area contributed by atoms with Crippen LogP contribution in [0, 0.1) is 11.6 Å². The fraction of sp³-hybridized carbons (Fsp3) is 0.438. The molecule has 2 atom stereocenters. The molecular weight excluding hydrogens is 370 g/mol. The molecule has 0 aliphatic carbocycles. The van der Waals surface area contributed by atoms with E-state index in [0.29, 0.717) is 12.1 Å². The van der Waals surface area contributed by atoms with Crippen LogP contribution in [-0.4, -0.2) is 34.7 Å². The van der Waals surface area contributed by atoms with Crippen LogP contribution >= 0.6 is 12.6 Å². The highest BCUT2D eigenvalue weighted by Gasteiger charge is 2.32. The lowest BCUT2D eigenvalue weighted by atomic mass is 10.0. The summed E-state index contributed by atoms with van der Waals surface area (Å²) >= 11 is 4.12. The van der Waals surface area contributed by atoms with Crippen molar-refractivity contribution in [2.45, 2.75) is 44.6 Å². The van der Waals surface area contributed by atoms with Crippen molar-refractivity contribution in [1.82, 2.24) is 5.32 Å². The highest BCUT2D eigenvalue weighted by molar-refractivity contribution is 7.80. The van der Waals surface area contributed by atoms with Crippen molar-refractivity contribution in [1.29, 1.82) is 0 Å². The second kappa shape index (κ2) is 8.35. The Morgan fingerprint density at radius 2 is 1.73 bits per heavy atom. The van der Waals surface area contributed by atoms with Crippen LogP contribution in [0.15, 0.2) is 12.1 Å². The van der Waals surface area contributed by atoms with Gasteiger partial charge in [0.15, 0.2) is 11.6 Å². The third kappa shape index (κ3) is 6.17. The van der Waals surface area contributed by atoms with Crippen molar-refractivity contribution >= 4 is 36.3 Å². The quantitative estimate of drug-likeness (QED) is 0.579. The Balaban J connectivity index is 3.21. The number of alkyl carbamates (subject to hydrolysis) is 1. The molecule has 0 spiro atoms. The van der Waals surface area contributed by atoms with E-state index in [9.17, 15) is 28.3 Å². The number of carbonyl (C=O) groups is 3. The summed E-state index contributed by atoms with van der Waals surface area (Å²) in [7, 11) is 0. The topological polar surface area (TPSA) is 105 Å². The molecule has 26 heavy (non-hydrogen) atoms. The van der Waals surface area contributed by atoms with Gasteiger partial charge in [0.1, 0.15) is 11.6 Å². The molecule has 0 radical (unpaired) electrons. The van der Waals surface area contributed by atoms with Crippen LogP contribution in [0.3, 0.4) is 0 Å². The Morgan fingerprint density at radius 3 is 2.19 bits per heavy atom. The molecule has 0 saturated carbocycles. The van der Waals surface area contributed by atoms with Gasteiger partial charge < -0.3 is 20.5 Å². The minimum absolute atomic E-state index is 0.120. The first-order chi connectivity index (χ1) is 11.8. The molecule has 10 heteroatoms. The number of benzene rings is 1. The number of amides is 2. The predicted octanol–water partition coefficient (Wildman–Crippen LogP) is 2.87. The van der Waals surface area contributed by atoms with Crippen molar-refractivity contribution in [3.05, 3.63) is 29.3 Å². The second-order valence-electron chi connectivity index (χ2n) is 6.44. The predicted molar refractivity (Wildman–Crippen MR) is 93.2 cm³/mol. The van der Waals surface area contributed by atoms with E-state index < -0.39 is 46.5 Å². The van der Waals surface area contributed by atoms with Crippen LogP contribution in [0.4, 0.5) is 19.3 Å². The number of hydrogen-bond donors (Lipinski definition) is 4. The van der Waals surface area contributed by atoms with E-state index >= 15 is 0 Å². The van der Waals surface area contributed by atoms with Crippen LogP contribution in [0.2, 0.25) is 0 Å². The lowest BCUT2D eigenvalue weighted by molar-refractivity contribution is -0.139.